The summed E-state index contributed by atoms with van der Waals surface area (Å²) in [5.41, 5.74) is -0.399. The number of ether oxygens (including phenoxy) is 1. The zero-order chi connectivity index (χ0) is 13.1. The molecule has 0 bridgehead atoms. The molecule has 98 valence electrons. The second kappa shape index (κ2) is 3.53. The Morgan fingerprint density at radius 2 is 2.06 bits per heavy atom. The van der Waals surface area contributed by atoms with Gasteiger partial charge in [-0.1, -0.05) is 19.9 Å². The molecule has 0 amide bonds. The van der Waals surface area contributed by atoms with E-state index in [-0.39, 0.29) is 23.5 Å². The van der Waals surface area contributed by atoms with Crippen molar-refractivity contribution >= 4 is 5.78 Å². The van der Waals surface area contributed by atoms with Gasteiger partial charge in [-0.25, -0.2) is 0 Å². The average Bonchev–Trinajstić information content (AvgIpc) is 2.55. The molecule has 0 aromatic rings. The van der Waals surface area contributed by atoms with Gasteiger partial charge in [0.1, 0.15) is 5.60 Å². The third-order valence-corrected chi connectivity index (χ3v) is 4.80. The molecule has 0 saturated carbocycles. The fourth-order valence-electron chi connectivity index (χ4n) is 3.33. The molecular weight excluding hydrogens is 232 g/mol. The van der Waals surface area contributed by atoms with E-state index in [2.05, 4.69) is 0 Å². The van der Waals surface area contributed by atoms with Gasteiger partial charge < -0.3 is 14.9 Å². The van der Waals surface area contributed by atoms with Gasteiger partial charge in [0.25, 0.3) is 0 Å². The van der Waals surface area contributed by atoms with E-state index in [1.165, 1.54) is 0 Å². The minimum absolute atomic E-state index is 0.0306. The van der Waals surface area contributed by atoms with Crippen molar-refractivity contribution in [3.8, 4) is 0 Å². The van der Waals surface area contributed by atoms with E-state index < -0.39 is 11.4 Å². The molecule has 1 heterocycles. The number of carbonyl (C=O) groups is 1. The first kappa shape index (κ1) is 12.1. The van der Waals surface area contributed by atoms with Crippen LogP contribution in [0.5, 0.6) is 0 Å². The van der Waals surface area contributed by atoms with Crippen LogP contribution in [0.2, 0.25) is 0 Å². The molecule has 3 aliphatic rings. The number of aliphatic hydroxyl groups is 2. The van der Waals surface area contributed by atoms with Crippen LogP contribution in [0.4, 0.5) is 0 Å². The zero-order valence-electron chi connectivity index (χ0n) is 10.6. The van der Waals surface area contributed by atoms with Crippen LogP contribution in [0, 0.1) is 17.8 Å². The van der Waals surface area contributed by atoms with Gasteiger partial charge in [-0.2, -0.15) is 0 Å². The van der Waals surface area contributed by atoms with E-state index in [0.29, 0.717) is 13.0 Å². The number of ketones is 1. The maximum atomic E-state index is 11.7. The number of fused-ring (bicyclic) bond motifs is 2. The van der Waals surface area contributed by atoms with Crippen LogP contribution in [0.15, 0.2) is 23.8 Å². The molecule has 1 saturated heterocycles. The quantitative estimate of drug-likeness (QED) is 0.667. The van der Waals surface area contributed by atoms with E-state index in [4.69, 9.17) is 4.74 Å². The summed E-state index contributed by atoms with van der Waals surface area (Å²) < 4.78 is 5.38. The predicted molar refractivity (Wildman–Crippen MR) is 64.5 cm³/mol. The summed E-state index contributed by atoms with van der Waals surface area (Å²) in [5, 5.41) is 21.2. The molecule has 0 radical (unpaired) electrons. The number of hydrogen-bond acceptors (Lipinski definition) is 4. The Morgan fingerprint density at radius 1 is 1.33 bits per heavy atom. The maximum absolute atomic E-state index is 11.7. The van der Waals surface area contributed by atoms with Crippen molar-refractivity contribution < 1.29 is 19.7 Å². The summed E-state index contributed by atoms with van der Waals surface area (Å²) in [6, 6.07) is 0. The van der Waals surface area contributed by atoms with Crippen molar-refractivity contribution in [3.05, 3.63) is 23.8 Å². The lowest BCUT2D eigenvalue weighted by Crippen LogP contribution is -2.57. The van der Waals surface area contributed by atoms with Gasteiger partial charge in [0, 0.05) is 11.8 Å². The Hall–Kier alpha value is -0.970. The van der Waals surface area contributed by atoms with Crippen molar-refractivity contribution in [2.24, 2.45) is 17.8 Å². The lowest BCUT2D eigenvalue weighted by atomic mass is 9.65. The lowest BCUT2D eigenvalue weighted by Gasteiger charge is -2.45. The molecule has 0 aromatic heterocycles. The van der Waals surface area contributed by atoms with Crippen molar-refractivity contribution in [1.29, 1.82) is 0 Å². The van der Waals surface area contributed by atoms with Gasteiger partial charge in [-0.3, -0.25) is 4.79 Å². The van der Waals surface area contributed by atoms with Gasteiger partial charge in [-0.05, 0) is 30.1 Å². The Bertz CT molecular complexity index is 466. The molecule has 5 atom stereocenters. The molecule has 1 aliphatic heterocycles. The fourth-order valence-corrected chi connectivity index (χ4v) is 3.33. The summed E-state index contributed by atoms with van der Waals surface area (Å²) in [6.45, 7) is 4.07. The number of rotatable bonds is 0. The van der Waals surface area contributed by atoms with Gasteiger partial charge in [0.15, 0.2) is 5.78 Å². The van der Waals surface area contributed by atoms with E-state index in [9.17, 15) is 15.0 Å². The highest BCUT2D eigenvalue weighted by atomic mass is 16.6. The van der Waals surface area contributed by atoms with Crippen LogP contribution in [-0.4, -0.2) is 34.0 Å². The van der Waals surface area contributed by atoms with Gasteiger partial charge >= 0.3 is 0 Å². The molecule has 1 unspecified atom stereocenters. The zero-order valence-corrected chi connectivity index (χ0v) is 10.6. The third kappa shape index (κ3) is 1.34. The van der Waals surface area contributed by atoms with Crippen LogP contribution in [0.3, 0.4) is 0 Å². The average molecular weight is 250 g/mol. The highest BCUT2D eigenvalue weighted by molar-refractivity contribution is 5.94. The van der Waals surface area contributed by atoms with Crippen LogP contribution >= 0.6 is 0 Å². The summed E-state index contributed by atoms with van der Waals surface area (Å²) in [4.78, 5) is 11.7. The fraction of sp³-hybridized carbons (Fsp3) is 0.643. The van der Waals surface area contributed by atoms with Crippen LogP contribution in [0.25, 0.3) is 0 Å². The number of allylic oxidation sites excluding steroid dienone is 3. The van der Waals surface area contributed by atoms with Gasteiger partial charge in [0.05, 0.1) is 6.61 Å². The topological polar surface area (TPSA) is 66.8 Å². The summed E-state index contributed by atoms with van der Waals surface area (Å²) >= 11 is 0. The summed E-state index contributed by atoms with van der Waals surface area (Å²) in [5.74, 6) is -1.85. The first-order valence-corrected chi connectivity index (χ1v) is 6.41. The van der Waals surface area contributed by atoms with Crippen molar-refractivity contribution in [1.82, 2.24) is 0 Å². The Morgan fingerprint density at radius 3 is 2.78 bits per heavy atom. The smallest absolute Gasteiger partial charge is 0.216 e. The molecule has 2 N–H and O–H groups in total. The molecule has 4 nitrogen and oxygen atoms in total. The van der Waals surface area contributed by atoms with Gasteiger partial charge in [-0.15, -0.1) is 0 Å². The first-order chi connectivity index (χ1) is 8.37. The summed E-state index contributed by atoms with van der Waals surface area (Å²) in [7, 11) is 0. The van der Waals surface area contributed by atoms with Crippen LogP contribution < -0.4 is 0 Å². The monoisotopic (exact) mass is 250 g/mol. The second-order valence-corrected chi connectivity index (χ2v) is 5.81. The minimum Gasteiger partial charge on any atom is -0.383 e. The Labute approximate surface area is 106 Å². The van der Waals surface area contributed by atoms with Crippen LogP contribution in [-0.2, 0) is 9.53 Å². The SMILES string of the molecule is C[C@@H]1C(=O)C=CC2=C[C@]3(O)OC[C@H](C)[C@]3(O)CC21. The van der Waals surface area contributed by atoms with Crippen molar-refractivity contribution in [2.45, 2.75) is 31.7 Å². The van der Waals surface area contributed by atoms with Crippen molar-refractivity contribution in [2.75, 3.05) is 6.61 Å². The molecule has 2 aliphatic carbocycles. The standard InChI is InChI=1S/C14H18O4/c1-8-7-18-14(17)5-10-3-4-12(15)9(2)11(10)6-13(8,14)16/h3-5,8-9,11,16-17H,6-7H2,1-2H3/t8-,9-,11?,13+,14-/m0/s1. The number of carbonyl (C=O) groups excluding carboxylic acids is 1. The summed E-state index contributed by atoms with van der Waals surface area (Å²) in [6.07, 6.45) is 5.23. The van der Waals surface area contributed by atoms with Crippen LogP contribution in [0.1, 0.15) is 20.3 Å². The first-order valence-electron chi connectivity index (χ1n) is 6.41. The van der Waals surface area contributed by atoms with Crippen molar-refractivity contribution in [3.63, 3.8) is 0 Å². The normalized spacial score (nSPS) is 50.8. The molecule has 4 heteroatoms. The molecular formula is C14H18O4. The van der Waals surface area contributed by atoms with E-state index in [1.54, 1.807) is 18.2 Å². The third-order valence-electron chi connectivity index (χ3n) is 4.80. The molecule has 1 fully saturated rings. The molecule has 0 aromatic carbocycles. The van der Waals surface area contributed by atoms with E-state index in [0.717, 1.165) is 5.57 Å². The number of hydrogen-bond donors (Lipinski definition) is 2. The Balaban J connectivity index is 2.09. The molecule has 18 heavy (non-hydrogen) atoms. The second-order valence-electron chi connectivity index (χ2n) is 5.81. The Kier molecular flexibility index (Phi) is 2.37. The largest absolute Gasteiger partial charge is 0.383 e. The highest BCUT2D eigenvalue weighted by Gasteiger charge is 2.61. The van der Waals surface area contributed by atoms with E-state index >= 15 is 0 Å². The minimum atomic E-state index is -1.61. The molecule has 3 rings (SSSR count). The predicted octanol–water partition coefficient (Wildman–Crippen LogP) is 0.794. The van der Waals surface area contributed by atoms with Gasteiger partial charge in [0.2, 0.25) is 5.79 Å². The van der Waals surface area contributed by atoms with E-state index in [1.807, 2.05) is 13.8 Å². The lowest BCUT2D eigenvalue weighted by molar-refractivity contribution is -0.236. The highest BCUT2D eigenvalue weighted by Crippen LogP contribution is 2.51. The maximum Gasteiger partial charge on any atom is 0.216 e. The molecule has 0 spiro atoms.